The topological polar surface area (TPSA) is 56.9 Å². The highest BCUT2D eigenvalue weighted by atomic mass is 35.5. The summed E-state index contributed by atoms with van der Waals surface area (Å²) in [5.74, 6) is -0.0423. The number of carbonyl (C=O) groups excluding carboxylic acids is 1. The summed E-state index contributed by atoms with van der Waals surface area (Å²) < 4.78 is 3.45. The Balaban J connectivity index is 1.65. The largest absolute Gasteiger partial charge is 0.339 e. The number of rotatable bonds is 4. The molecular weight excluding hydrogens is 386 g/mol. The van der Waals surface area contributed by atoms with Crippen LogP contribution < -0.4 is 5.56 Å². The van der Waals surface area contributed by atoms with E-state index >= 15 is 0 Å². The molecule has 146 valence electrons. The van der Waals surface area contributed by atoms with E-state index in [1.807, 2.05) is 38.1 Å². The molecule has 0 saturated carbocycles. The Morgan fingerprint density at radius 1 is 1.00 bits per heavy atom. The van der Waals surface area contributed by atoms with Crippen LogP contribution in [-0.2, 0) is 13.6 Å². The molecule has 4 aromatic rings. The van der Waals surface area contributed by atoms with Crippen molar-refractivity contribution in [2.75, 3.05) is 0 Å². The van der Waals surface area contributed by atoms with E-state index in [-0.39, 0.29) is 11.3 Å². The Labute approximate surface area is 173 Å². The van der Waals surface area contributed by atoms with Crippen LogP contribution in [0.2, 0.25) is 5.02 Å². The van der Waals surface area contributed by atoms with Gasteiger partial charge in [0, 0.05) is 35.4 Å². The van der Waals surface area contributed by atoms with Crippen molar-refractivity contribution in [1.82, 2.24) is 14.3 Å². The third kappa shape index (κ3) is 3.38. The lowest BCUT2D eigenvalue weighted by Crippen LogP contribution is -2.19. The molecule has 6 heteroatoms. The minimum atomic E-state index is -0.0919. The molecule has 0 aliphatic rings. The summed E-state index contributed by atoms with van der Waals surface area (Å²) in [6.07, 6.45) is 1.73. The number of nitrogens with zero attached hydrogens (tertiary/aromatic N) is 3. The van der Waals surface area contributed by atoms with Crippen LogP contribution >= 0.6 is 11.6 Å². The van der Waals surface area contributed by atoms with Crippen molar-refractivity contribution in [3.8, 4) is 0 Å². The Hall–Kier alpha value is -3.18. The molecule has 0 radical (unpaired) electrons. The second-order valence-electron chi connectivity index (χ2n) is 7.16. The maximum Gasteiger partial charge on any atom is 0.276 e. The summed E-state index contributed by atoms with van der Waals surface area (Å²) in [6, 6.07) is 14.4. The van der Waals surface area contributed by atoms with Gasteiger partial charge in [0.25, 0.3) is 5.56 Å². The van der Waals surface area contributed by atoms with Gasteiger partial charge < -0.3 is 4.57 Å². The minimum Gasteiger partial charge on any atom is -0.339 e. The molecule has 0 bridgehead atoms. The lowest BCUT2D eigenvalue weighted by molar-refractivity contribution is 0.103. The molecule has 0 unspecified atom stereocenters. The summed E-state index contributed by atoms with van der Waals surface area (Å²) in [6.45, 7) is 4.57. The van der Waals surface area contributed by atoms with Crippen molar-refractivity contribution in [1.29, 1.82) is 0 Å². The van der Waals surface area contributed by atoms with E-state index in [1.54, 1.807) is 37.5 Å². The Morgan fingerprint density at radius 3 is 2.21 bits per heavy atom. The van der Waals surface area contributed by atoms with E-state index in [2.05, 4.69) is 9.67 Å². The molecule has 4 rings (SSSR count). The molecule has 0 aliphatic heterocycles. The Kier molecular flexibility index (Phi) is 4.84. The molecule has 0 fully saturated rings. The standard InChI is InChI=1S/C23H20ClN3O2/c1-14-15(2)27(20-12-25-26(3)23(29)21(14)20)13-16-4-6-17(7-5-16)22(28)18-8-10-19(24)11-9-18/h4-12H,13H2,1-3H3. The van der Waals surface area contributed by atoms with Crippen molar-refractivity contribution < 1.29 is 4.79 Å². The average molecular weight is 406 g/mol. The van der Waals surface area contributed by atoms with Gasteiger partial charge in [-0.25, -0.2) is 4.68 Å². The summed E-state index contributed by atoms with van der Waals surface area (Å²) in [4.78, 5) is 25.1. The number of ketones is 1. The van der Waals surface area contributed by atoms with E-state index < -0.39 is 0 Å². The summed E-state index contributed by atoms with van der Waals surface area (Å²) in [7, 11) is 1.66. The van der Waals surface area contributed by atoms with Crippen LogP contribution in [0.5, 0.6) is 0 Å². The van der Waals surface area contributed by atoms with Gasteiger partial charge in [-0.05, 0) is 49.2 Å². The smallest absolute Gasteiger partial charge is 0.276 e. The van der Waals surface area contributed by atoms with E-state index in [0.29, 0.717) is 28.1 Å². The van der Waals surface area contributed by atoms with Crippen molar-refractivity contribution in [2.24, 2.45) is 7.05 Å². The molecule has 0 atom stereocenters. The summed E-state index contributed by atoms with van der Waals surface area (Å²) in [5.41, 5.74) is 5.00. The first-order valence-corrected chi connectivity index (χ1v) is 9.65. The van der Waals surface area contributed by atoms with Crippen LogP contribution in [0.15, 0.2) is 59.5 Å². The SMILES string of the molecule is Cc1c(C)n(Cc2ccc(C(=O)c3ccc(Cl)cc3)cc2)c2cnn(C)c(=O)c12. The van der Waals surface area contributed by atoms with Gasteiger partial charge in [-0.3, -0.25) is 9.59 Å². The molecule has 2 aromatic heterocycles. The summed E-state index contributed by atoms with van der Waals surface area (Å²) >= 11 is 5.90. The van der Waals surface area contributed by atoms with E-state index in [1.165, 1.54) is 4.68 Å². The van der Waals surface area contributed by atoms with Gasteiger partial charge in [0.2, 0.25) is 0 Å². The number of benzene rings is 2. The number of aryl methyl sites for hydroxylation is 2. The monoisotopic (exact) mass is 405 g/mol. The third-order valence-electron chi connectivity index (χ3n) is 5.39. The molecule has 0 amide bonds. The maximum atomic E-state index is 12.6. The second kappa shape index (κ2) is 7.33. The second-order valence-corrected chi connectivity index (χ2v) is 7.60. The van der Waals surface area contributed by atoms with Crippen LogP contribution in [0.4, 0.5) is 0 Å². The van der Waals surface area contributed by atoms with E-state index in [0.717, 1.165) is 22.3 Å². The lowest BCUT2D eigenvalue weighted by Gasteiger charge is -2.10. The van der Waals surface area contributed by atoms with Gasteiger partial charge in [-0.2, -0.15) is 5.10 Å². The Bertz CT molecular complexity index is 1280. The zero-order valence-electron chi connectivity index (χ0n) is 16.4. The first-order valence-electron chi connectivity index (χ1n) is 9.27. The number of aromatic nitrogens is 3. The average Bonchev–Trinajstić information content (AvgIpc) is 2.96. The predicted molar refractivity (Wildman–Crippen MR) is 115 cm³/mol. The molecule has 5 nitrogen and oxygen atoms in total. The van der Waals surface area contributed by atoms with Crippen LogP contribution in [0.3, 0.4) is 0 Å². The molecular formula is C23H20ClN3O2. The fourth-order valence-corrected chi connectivity index (χ4v) is 3.69. The maximum absolute atomic E-state index is 12.6. The fraction of sp³-hybridized carbons (Fsp3) is 0.174. The van der Waals surface area contributed by atoms with Gasteiger partial charge >= 0.3 is 0 Å². The van der Waals surface area contributed by atoms with Crippen molar-refractivity contribution >= 4 is 28.3 Å². The zero-order valence-corrected chi connectivity index (χ0v) is 17.2. The van der Waals surface area contributed by atoms with Crippen molar-refractivity contribution in [3.05, 3.63) is 98.1 Å². The number of carbonyl (C=O) groups is 1. The van der Waals surface area contributed by atoms with Crippen LogP contribution in [-0.4, -0.2) is 20.1 Å². The molecule has 29 heavy (non-hydrogen) atoms. The summed E-state index contributed by atoms with van der Waals surface area (Å²) in [5, 5.41) is 5.48. The van der Waals surface area contributed by atoms with E-state index in [4.69, 9.17) is 11.6 Å². The van der Waals surface area contributed by atoms with Crippen LogP contribution in [0, 0.1) is 13.8 Å². The molecule has 0 aliphatic carbocycles. The quantitative estimate of drug-likeness (QED) is 0.476. The van der Waals surface area contributed by atoms with Gasteiger partial charge in [0.1, 0.15) is 0 Å². The molecule has 0 saturated heterocycles. The van der Waals surface area contributed by atoms with Crippen LogP contribution in [0.25, 0.3) is 10.9 Å². The number of hydrogen-bond acceptors (Lipinski definition) is 3. The number of hydrogen-bond donors (Lipinski definition) is 0. The van der Waals surface area contributed by atoms with Crippen molar-refractivity contribution in [2.45, 2.75) is 20.4 Å². The minimum absolute atomic E-state index is 0.0423. The van der Waals surface area contributed by atoms with Gasteiger partial charge in [0.05, 0.1) is 17.1 Å². The van der Waals surface area contributed by atoms with Gasteiger partial charge in [-0.1, -0.05) is 35.9 Å². The highest BCUT2D eigenvalue weighted by Crippen LogP contribution is 2.23. The number of halogens is 1. The zero-order chi connectivity index (χ0) is 20.7. The molecule has 2 heterocycles. The fourth-order valence-electron chi connectivity index (χ4n) is 3.57. The third-order valence-corrected chi connectivity index (χ3v) is 5.65. The van der Waals surface area contributed by atoms with Gasteiger partial charge in [0.15, 0.2) is 5.78 Å². The first kappa shape index (κ1) is 19.2. The highest BCUT2D eigenvalue weighted by Gasteiger charge is 2.16. The number of fused-ring (bicyclic) bond motifs is 1. The molecule has 0 spiro atoms. The lowest BCUT2D eigenvalue weighted by atomic mass is 10.0. The van der Waals surface area contributed by atoms with Crippen molar-refractivity contribution in [3.63, 3.8) is 0 Å². The Morgan fingerprint density at radius 2 is 1.59 bits per heavy atom. The molecule has 2 aromatic carbocycles. The van der Waals surface area contributed by atoms with Crippen LogP contribution in [0.1, 0.15) is 32.7 Å². The normalized spacial score (nSPS) is 11.2. The predicted octanol–water partition coefficient (Wildman–Crippen LogP) is 4.28. The highest BCUT2D eigenvalue weighted by molar-refractivity contribution is 6.30. The first-order chi connectivity index (χ1) is 13.9. The molecule has 0 N–H and O–H groups in total. The van der Waals surface area contributed by atoms with Gasteiger partial charge in [-0.15, -0.1) is 0 Å². The van der Waals surface area contributed by atoms with E-state index in [9.17, 15) is 9.59 Å².